The molecule has 0 radical (unpaired) electrons. The summed E-state index contributed by atoms with van der Waals surface area (Å²) in [5, 5.41) is 2.88. The molecule has 1 rings (SSSR count). The number of methoxy groups -OCH3 is 1. The van der Waals surface area contributed by atoms with Crippen molar-refractivity contribution in [2.75, 3.05) is 13.7 Å². The summed E-state index contributed by atoms with van der Waals surface area (Å²) in [6.45, 7) is 4.60. The molecule has 0 saturated heterocycles. The Bertz CT molecular complexity index is 407. The molecular formula is C15H24N2O2. The molecule has 106 valence electrons. The number of nitrogens with one attached hydrogen (secondary N) is 1. The number of nitrogens with two attached hydrogens (primary N) is 1. The lowest BCUT2D eigenvalue weighted by Gasteiger charge is -2.17. The molecule has 0 aliphatic carbocycles. The van der Waals surface area contributed by atoms with Gasteiger partial charge < -0.3 is 15.8 Å². The van der Waals surface area contributed by atoms with Crippen LogP contribution in [-0.4, -0.2) is 25.6 Å². The van der Waals surface area contributed by atoms with Crippen molar-refractivity contribution in [3.8, 4) is 5.75 Å². The zero-order chi connectivity index (χ0) is 14.3. The molecule has 2 atom stereocenters. The van der Waals surface area contributed by atoms with Gasteiger partial charge in [-0.05, 0) is 24.0 Å². The molecule has 4 nitrogen and oxygen atoms in total. The predicted octanol–water partition coefficient (Wildman–Crippen LogP) is 1.73. The van der Waals surface area contributed by atoms with Gasteiger partial charge in [0.15, 0.2) is 0 Å². The molecule has 2 unspecified atom stereocenters. The standard InChI is InChI=1S/C15H24N2O2/c1-4-11(2)14(16)15(18)17-10-9-12-7-5-6-8-13(12)19-3/h5-8,11,14H,4,9-10,16H2,1-3H3,(H,17,18). The normalized spacial score (nSPS) is 13.7. The number of benzene rings is 1. The monoisotopic (exact) mass is 264 g/mol. The molecule has 0 bridgehead atoms. The summed E-state index contributed by atoms with van der Waals surface area (Å²) in [7, 11) is 1.65. The SMILES string of the molecule is CCC(C)C(N)C(=O)NCCc1ccccc1OC. The van der Waals surface area contributed by atoms with E-state index < -0.39 is 6.04 Å². The Kier molecular flexibility index (Phi) is 6.36. The molecule has 0 spiro atoms. The molecular weight excluding hydrogens is 240 g/mol. The average Bonchev–Trinajstić information content (AvgIpc) is 2.45. The first-order valence-corrected chi connectivity index (χ1v) is 6.75. The van der Waals surface area contributed by atoms with E-state index in [4.69, 9.17) is 10.5 Å². The average molecular weight is 264 g/mol. The van der Waals surface area contributed by atoms with Crippen molar-refractivity contribution in [1.29, 1.82) is 0 Å². The summed E-state index contributed by atoms with van der Waals surface area (Å²) in [5.41, 5.74) is 6.96. The van der Waals surface area contributed by atoms with Crippen LogP contribution in [0.2, 0.25) is 0 Å². The van der Waals surface area contributed by atoms with Gasteiger partial charge in [0.25, 0.3) is 0 Å². The van der Waals surface area contributed by atoms with Crippen LogP contribution in [0.25, 0.3) is 0 Å². The van der Waals surface area contributed by atoms with E-state index in [1.165, 1.54) is 0 Å². The van der Waals surface area contributed by atoms with Crippen LogP contribution >= 0.6 is 0 Å². The summed E-state index contributed by atoms with van der Waals surface area (Å²) in [5.74, 6) is 0.971. The lowest BCUT2D eigenvalue weighted by Crippen LogP contribution is -2.45. The smallest absolute Gasteiger partial charge is 0.237 e. The third kappa shape index (κ3) is 4.56. The highest BCUT2D eigenvalue weighted by Gasteiger charge is 2.18. The van der Waals surface area contributed by atoms with Crippen LogP contribution in [0.3, 0.4) is 0 Å². The topological polar surface area (TPSA) is 64.4 Å². The third-order valence-corrected chi connectivity index (χ3v) is 3.45. The second-order valence-electron chi connectivity index (χ2n) is 4.76. The molecule has 0 aliphatic heterocycles. The van der Waals surface area contributed by atoms with Crippen LogP contribution in [0.5, 0.6) is 5.75 Å². The Morgan fingerprint density at radius 2 is 2.11 bits per heavy atom. The van der Waals surface area contributed by atoms with Gasteiger partial charge in [0, 0.05) is 6.54 Å². The minimum absolute atomic E-state index is 0.0794. The Morgan fingerprint density at radius 1 is 1.42 bits per heavy atom. The van der Waals surface area contributed by atoms with E-state index in [1.54, 1.807) is 7.11 Å². The zero-order valence-electron chi connectivity index (χ0n) is 12.0. The van der Waals surface area contributed by atoms with Crippen molar-refractivity contribution in [3.05, 3.63) is 29.8 Å². The molecule has 0 aromatic heterocycles. The molecule has 1 aromatic carbocycles. The van der Waals surface area contributed by atoms with Gasteiger partial charge >= 0.3 is 0 Å². The minimum atomic E-state index is -0.428. The van der Waals surface area contributed by atoms with Crippen LogP contribution < -0.4 is 15.8 Å². The van der Waals surface area contributed by atoms with E-state index in [-0.39, 0.29) is 11.8 Å². The summed E-state index contributed by atoms with van der Waals surface area (Å²) in [6, 6.07) is 7.38. The molecule has 4 heteroatoms. The summed E-state index contributed by atoms with van der Waals surface area (Å²) in [4.78, 5) is 11.8. The van der Waals surface area contributed by atoms with Crippen molar-refractivity contribution >= 4 is 5.91 Å². The molecule has 19 heavy (non-hydrogen) atoms. The summed E-state index contributed by atoms with van der Waals surface area (Å²) < 4.78 is 5.27. The second-order valence-corrected chi connectivity index (χ2v) is 4.76. The van der Waals surface area contributed by atoms with Crippen molar-refractivity contribution < 1.29 is 9.53 Å². The van der Waals surface area contributed by atoms with E-state index in [2.05, 4.69) is 5.32 Å². The number of ether oxygens (including phenoxy) is 1. The van der Waals surface area contributed by atoms with E-state index >= 15 is 0 Å². The quantitative estimate of drug-likeness (QED) is 0.788. The van der Waals surface area contributed by atoms with Gasteiger partial charge in [0.2, 0.25) is 5.91 Å². The largest absolute Gasteiger partial charge is 0.496 e. The van der Waals surface area contributed by atoms with Gasteiger partial charge in [0.05, 0.1) is 13.2 Å². The van der Waals surface area contributed by atoms with Crippen LogP contribution in [0, 0.1) is 5.92 Å². The first-order chi connectivity index (χ1) is 9.10. The lowest BCUT2D eigenvalue weighted by atomic mass is 9.99. The van der Waals surface area contributed by atoms with Crippen molar-refractivity contribution in [2.45, 2.75) is 32.7 Å². The fourth-order valence-electron chi connectivity index (χ4n) is 1.86. The van der Waals surface area contributed by atoms with Gasteiger partial charge in [-0.3, -0.25) is 4.79 Å². The number of carbonyl (C=O) groups excluding carboxylic acids is 1. The van der Waals surface area contributed by atoms with E-state index in [9.17, 15) is 4.79 Å². The summed E-state index contributed by atoms with van der Waals surface area (Å²) in [6.07, 6.45) is 1.64. The highest BCUT2D eigenvalue weighted by atomic mass is 16.5. The fourth-order valence-corrected chi connectivity index (χ4v) is 1.86. The Hall–Kier alpha value is -1.55. The Morgan fingerprint density at radius 3 is 2.74 bits per heavy atom. The number of amides is 1. The maximum atomic E-state index is 11.8. The first-order valence-electron chi connectivity index (χ1n) is 6.75. The summed E-state index contributed by atoms with van der Waals surface area (Å²) >= 11 is 0. The van der Waals surface area contributed by atoms with E-state index in [1.807, 2.05) is 38.1 Å². The Labute approximate surface area is 115 Å². The number of para-hydroxylation sites is 1. The second kappa shape index (κ2) is 7.79. The van der Waals surface area contributed by atoms with Crippen molar-refractivity contribution in [1.82, 2.24) is 5.32 Å². The van der Waals surface area contributed by atoms with E-state index in [0.717, 1.165) is 24.2 Å². The number of hydrogen-bond acceptors (Lipinski definition) is 3. The molecule has 0 fully saturated rings. The van der Waals surface area contributed by atoms with Gasteiger partial charge in [-0.2, -0.15) is 0 Å². The minimum Gasteiger partial charge on any atom is -0.496 e. The van der Waals surface area contributed by atoms with Crippen molar-refractivity contribution in [2.24, 2.45) is 11.7 Å². The van der Waals surface area contributed by atoms with Crippen LogP contribution in [-0.2, 0) is 11.2 Å². The lowest BCUT2D eigenvalue weighted by molar-refractivity contribution is -0.123. The molecule has 3 N–H and O–H groups in total. The number of rotatable bonds is 7. The van der Waals surface area contributed by atoms with Crippen molar-refractivity contribution in [3.63, 3.8) is 0 Å². The number of carbonyl (C=O) groups is 1. The van der Waals surface area contributed by atoms with Gasteiger partial charge in [-0.15, -0.1) is 0 Å². The fraction of sp³-hybridized carbons (Fsp3) is 0.533. The van der Waals surface area contributed by atoms with Gasteiger partial charge in [-0.1, -0.05) is 38.5 Å². The first kappa shape index (κ1) is 15.5. The molecule has 0 heterocycles. The van der Waals surface area contributed by atoms with Crippen LogP contribution in [0.4, 0.5) is 0 Å². The highest BCUT2D eigenvalue weighted by molar-refractivity contribution is 5.81. The maximum absolute atomic E-state index is 11.8. The molecule has 1 aromatic rings. The molecule has 0 saturated carbocycles. The Balaban J connectivity index is 2.44. The molecule has 1 amide bonds. The molecule has 0 aliphatic rings. The predicted molar refractivity (Wildman–Crippen MR) is 77.1 cm³/mol. The zero-order valence-corrected chi connectivity index (χ0v) is 12.0. The van der Waals surface area contributed by atoms with Crippen LogP contribution in [0.1, 0.15) is 25.8 Å². The number of hydrogen-bond donors (Lipinski definition) is 2. The highest BCUT2D eigenvalue weighted by Crippen LogP contribution is 2.17. The maximum Gasteiger partial charge on any atom is 0.237 e. The van der Waals surface area contributed by atoms with Crippen LogP contribution in [0.15, 0.2) is 24.3 Å². The van der Waals surface area contributed by atoms with Gasteiger partial charge in [-0.25, -0.2) is 0 Å². The third-order valence-electron chi connectivity index (χ3n) is 3.45. The van der Waals surface area contributed by atoms with E-state index in [0.29, 0.717) is 6.54 Å². The van der Waals surface area contributed by atoms with Gasteiger partial charge in [0.1, 0.15) is 5.75 Å².